The molecule has 0 aromatic heterocycles. The molecule has 0 saturated carbocycles. The minimum atomic E-state index is 0.0510. The number of rotatable bonds is 6. The van der Waals surface area contributed by atoms with E-state index in [1.54, 1.807) is 0 Å². The molecule has 0 radical (unpaired) electrons. The molecule has 130 valence electrons. The maximum Gasteiger partial charge on any atom is 0.127 e. The summed E-state index contributed by atoms with van der Waals surface area (Å²) in [4.78, 5) is 2.25. The minimum Gasteiger partial charge on any atom is -0.457 e. The molecule has 2 aromatic carbocycles. The van der Waals surface area contributed by atoms with E-state index in [0.29, 0.717) is 0 Å². The third-order valence-electron chi connectivity index (χ3n) is 3.40. The molecule has 0 spiro atoms. The van der Waals surface area contributed by atoms with Crippen LogP contribution in [-0.4, -0.2) is 18.5 Å². The summed E-state index contributed by atoms with van der Waals surface area (Å²) in [6, 6.07) is 18.1. The maximum absolute atomic E-state index is 5.89. The van der Waals surface area contributed by atoms with Crippen molar-refractivity contribution >= 4 is 0 Å². The van der Waals surface area contributed by atoms with Crippen LogP contribution in [0.4, 0.5) is 0 Å². The number of para-hydroxylation sites is 1. The summed E-state index contributed by atoms with van der Waals surface area (Å²) in [7, 11) is 2.10. The second kappa shape index (κ2) is 9.11. The number of hydrogen-bond acceptors (Lipinski definition) is 2. The van der Waals surface area contributed by atoms with Gasteiger partial charge in [-0.15, -0.1) is 0 Å². The van der Waals surface area contributed by atoms with Crippen molar-refractivity contribution in [1.82, 2.24) is 4.90 Å². The Bertz CT molecular complexity index is 745. The number of likely N-dealkylation sites (N-methyl/N-ethyl adjacent to an activating group) is 1. The molecule has 0 saturated heterocycles. The van der Waals surface area contributed by atoms with E-state index in [0.717, 1.165) is 24.6 Å². The molecule has 2 nitrogen and oxygen atoms in total. The molecule has 0 bridgehead atoms. The molecule has 2 heteroatoms. The molecule has 0 fully saturated rings. The van der Waals surface area contributed by atoms with E-state index in [-0.39, 0.29) is 5.41 Å². The van der Waals surface area contributed by atoms with Gasteiger partial charge in [0.2, 0.25) is 0 Å². The van der Waals surface area contributed by atoms with Gasteiger partial charge in [0.25, 0.3) is 0 Å². The normalized spacial score (nSPS) is 11.4. The lowest BCUT2D eigenvalue weighted by atomic mass is 9.98. The summed E-state index contributed by atoms with van der Waals surface area (Å²) in [5.41, 5.74) is 1.28. The van der Waals surface area contributed by atoms with Gasteiger partial charge in [-0.25, -0.2) is 0 Å². The smallest absolute Gasteiger partial charge is 0.127 e. The van der Waals surface area contributed by atoms with Crippen molar-refractivity contribution in [3.8, 4) is 23.3 Å². The molecule has 0 unspecified atom stereocenters. The molecule has 0 atom stereocenters. The van der Waals surface area contributed by atoms with E-state index in [4.69, 9.17) is 4.74 Å². The Kier molecular flexibility index (Phi) is 6.86. The van der Waals surface area contributed by atoms with E-state index < -0.39 is 0 Å². The quantitative estimate of drug-likeness (QED) is 0.646. The van der Waals surface area contributed by atoms with Crippen molar-refractivity contribution in [3.05, 3.63) is 72.3 Å². The second-order valence-corrected chi connectivity index (χ2v) is 7.18. The average Bonchev–Trinajstić information content (AvgIpc) is 2.55. The van der Waals surface area contributed by atoms with E-state index >= 15 is 0 Å². The lowest BCUT2D eigenvalue weighted by Crippen LogP contribution is -2.17. The maximum atomic E-state index is 5.89. The molecule has 25 heavy (non-hydrogen) atoms. The van der Waals surface area contributed by atoms with Crippen molar-refractivity contribution in [2.75, 3.05) is 13.6 Å². The molecule has 0 N–H and O–H groups in total. The van der Waals surface area contributed by atoms with E-state index in [9.17, 15) is 0 Å². The van der Waals surface area contributed by atoms with Gasteiger partial charge >= 0.3 is 0 Å². The standard InChI is InChI=1S/C23H27NO/c1-23(2,3)16-9-6-10-17-24(4)19-20-12-11-15-22(18-20)25-21-13-7-5-8-14-21/h5-8,10-15,18H,17,19H2,1-4H3. The van der Waals surface area contributed by atoms with Crippen molar-refractivity contribution in [3.63, 3.8) is 0 Å². The van der Waals surface area contributed by atoms with Crippen LogP contribution in [0.1, 0.15) is 26.3 Å². The highest BCUT2D eigenvalue weighted by Gasteiger charge is 2.03. The van der Waals surface area contributed by atoms with Gasteiger partial charge in [-0.3, -0.25) is 4.90 Å². The Balaban J connectivity index is 1.88. The van der Waals surface area contributed by atoms with Gasteiger partial charge in [0.1, 0.15) is 11.5 Å². The topological polar surface area (TPSA) is 12.5 Å². The lowest BCUT2D eigenvalue weighted by molar-refractivity contribution is 0.362. The summed E-state index contributed by atoms with van der Waals surface area (Å²) < 4.78 is 5.89. The fraction of sp³-hybridized carbons (Fsp3) is 0.304. The zero-order valence-electron chi connectivity index (χ0n) is 15.6. The Hall–Kier alpha value is -2.50. The van der Waals surface area contributed by atoms with Gasteiger partial charge in [0, 0.05) is 18.5 Å². The SMILES string of the molecule is CN(CC=CC#CC(C)(C)C)Cc1cccc(Oc2ccccc2)c1. The van der Waals surface area contributed by atoms with Gasteiger partial charge in [-0.05, 0) is 63.7 Å². The molecule has 2 rings (SSSR count). The van der Waals surface area contributed by atoms with Gasteiger partial charge in [0.15, 0.2) is 0 Å². The molecule has 0 heterocycles. The third-order valence-corrected chi connectivity index (χ3v) is 3.40. The molecule has 0 aliphatic carbocycles. The van der Waals surface area contributed by atoms with Gasteiger partial charge in [-0.2, -0.15) is 0 Å². The third kappa shape index (κ3) is 7.74. The fourth-order valence-corrected chi connectivity index (χ4v) is 2.26. The molecular formula is C23H27NO. The van der Waals surface area contributed by atoms with Crippen LogP contribution in [0.3, 0.4) is 0 Å². The van der Waals surface area contributed by atoms with Crippen LogP contribution in [0.2, 0.25) is 0 Å². The lowest BCUT2D eigenvalue weighted by Gasteiger charge is -2.15. The molecular weight excluding hydrogens is 306 g/mol. The highest BCUT2D eigenvalue weighted by molar-refractivity contribution is 5.33. The predicted octanol–water partition coefficient (Wildman–Crippen LogP) is 5.52. The second-order valence-electron chi connectivity index (χ2n) is 7.18. The number of allylic oxidation sites excluding steroid dienone is 1. The minimum absolute atomic E-state index is 0.0510. The molecule has 0 aliphatic rings. The summed E-state index contributed by atoms with van der Waals surface area (Å²) in [6.45, 7) is 8.07. The molecule has 0 amide bonds. The first-order valence-corrected chi connectivity index (χ1v) is 8.60. The summed E-state index contributed by atoms with van der Waals surface area (Å²) in [6.07, 6.45) is 4.04. The Morgan fingerprint density at radius 2 is 1.72 bits per heavy atom. The summed E-state index contributed by atoms with van der Waals surface area (Å²) in [5.74, 6) is 8.03. The average molecular weight is 333 g/mol. The number of ether oxygens (including phenoxy) is 1. The van der Waals surface area contributed by atoms with Crippen LogP contribution in [-0.2, 0) is 6.54 Å². The Morgan fingerprint density at radius 3 is 2.44 bits per heavy atom. The van der Waals surface area contributed by atoms with Crippen LogP contribution in [0, 0.1) is 17.3 Å². The monoisotopic (exact) mass is 333 g/mol. The van der Waals surface area contributed by atoms with E-state index in [1.165, 1.54) is 5.56 Å². The zero-order chi connectivity index (χ0) is 18.1. The molecule has 0 aliphatic heterocycles. The van der Waals surface area contributed by atoms with Crippen molar-refractivity contribution in [2.24, 2.45) is 5.41 Å². The van der Waals surface area contributed by atoms with Crippen molar-refractivity contribution in [1.29, 1.82) is 0 Å². The van der Waals surface area contributed by atoms with Crippen LogP contribution < -0.4 is 4.74 Å². The van der Waals surface area contributed by atoms with Gasteiger partial charge in [0.05, 0.1) is 0 Å². The molecule has 2 aromatic rings. The predicted molar refractivity (Wildman–Crippen MR) is 106 cm³/mol. The number of nitrogens with zero attached hydrogens (tertiary/aromatic N) is 1. The van der Waals surface area contributed by atoms with Crippen molar-refractivity contribution < 1.29 is 4.74 Å². The fourth-order valence-electron chi connectivity index (χ4n) is 2.26. The van der Waals surface area contributed by atoms with Crippen LogP contribution in [0.5, 0.6) is 11.5 Å². The Labute approximate surface area is 152 Å². The highest BCUT2D eigenvalue weighted by atomic mass is 16.5. The highest BCUT2D eigenvalue weighted by Crippen LogP contribution is 2.22. The van der Waals surface area contributed by atoms with Crippen LogP contribution in [0.15, 0.2) is 66.7 Å². The van der Waals surface area contributed by atoms with Crippen LogP contribution in [0.25, 0.3) is 0 Å². The number of hydrogen-bond donors (Lipinski definition) is 0. The van der Waals surface area contributed by atoms with Crippen LogP contribution >= 0.6 is 0 Å². The van der Waals surface area contributed by atoms with Gasteiger partial charge < -0.3 is 4.74 Å². The summed E-state index contributed by atoms with van der Waals surface area (Å²) in [5, 5.41) is 0. The first-order valence-electron chi connectivity index (χ1n) is 8.60. The Morgan fingerprint density at radius 1 is 1.00 bits per heavy atom. The first kappa shape index (κ1) is 18.8. The van der Waals surface area contributed by atoms with Crippen molar-refractivity contribution in [2.45, 2.75) is 27.3 Å². The largest absolute Gasteiger partial charge is 0.457 e. The van der Waals surface area contributed by atoms with E-state index in [2.05, 4.69) is 62.8 Å². The first-order chi connectivity index (χ1) is 11.9. The summed E-state index contributed by atoms with van der Waals surface area (Å²) >= 11 is 0. The van der Waals surface area contributed by atoms with Gasteiger partial charge in [-0.1, -0.05) is 48.2 Å². The number of benzene rings is 2. The van der Waals surface area contributed by atoms with E-state index in [1.807, 2.05) is 48.5 Å². The zero-order valence-corrected chi connectivity index (χ0v) is 15.6.